The van der Waals surface area contributed by atoms with Crippen LogP contribution in [-0.4, -0.2) is 50.4 Å². The SMILES string of the molecule is CCc1cccc(NC(=O)N2CCOC(COC)C2)c1. The topological polar surface area (TPSA) is 50.8 Å². The molecular weight excluding hydrogens is 256 g/mol. The fourth-order valence-corrected chi connectivity index (χ4v) is 2.26. The van der Waals surface area contributed by atoms with E-state index in [-0.39, 0.29) is 12.1 Å². The van der Waals surface area contributed by atoms with E-state index in [0.717, 1.165) is 12.1 Å². The third-order valence-corrected chi connectivity index (χ3v) is 3.37. The summed E-state index contributed by atoms with van der Waals surface area (Å²) in [5, 5.41) is 2.94. The zero-order chi connectivity index (χ0) is 14.4. The monoisotopic (exact) mass is 278 g/mol. The fraction of sp³-hybridized carbons (Fsp3) is 0.533. The van der Waals surface area contributed by atoms with Crippen LogP contribution in [0, 0.1) is 0 Å². The van der Waals surface area contributed by atoms with Gasteiger partial charge in [-0.05, 0) is 24.1 Å². The summed E-state index contributed by atoms with van der Waals surface area (Å²) < 4.78 is 10.6. The lowest BCUT2D eigenvalue weighted by Crippen LogP contribution is -2.48. The van der Waals surface area contributed by atoms with Gasteiger partial charge >= 0.3 is 6.03 Å². The van der Waals surface area contributed by atoms with Crippen LogP contribution in [0.15, 0.2) is 24.3 Å². The Balaban J connectivity index is 1.93. The number of aryl methyl sites for hydroxylation is 1. The number of hydrogen-bond acceptors (Lipinski definition) is 3. The van der Waals surface area contributed by atoms with Crippen LogP contribution >= 0.6 is 0 Å². The van der Waals surface area contributed by atoms with Crippen molar-refractivity contribution in [3.8, 4) is 0 Å². The number of carbonyl (C=O) groups excluding carboxylic acids is 1. The van der Waals surface area contributed by atoms with Crippen LogP contribution in [-0.2, 0) is 15.9 Å². The lowest BCUT2D eigenvalue weighted by Gasteiger charge is -2.32. The number of anilines is 1. The van der Waals surface area contributed by atoms with Gasteiger partial charge in [0.15, 0.2) is 0 Å². The molecule has 2 amide bonds. The van der Waals surface area contributed by atoms with Crippen LogP contribution < -0.4 is 5.32 Å². The minimum absolute atomic E-state index is 0.0403. The van der Waals surface area contributed by atoms with E-state index in [4.69, 9.17) is 9.47 Å². The molecule has 5 nitrogen and oxygen atoms in total. The number of benzene rings is 1. The van der Waals surface area contributed by atoms with Gasteiger partial charge in [-0.15, -0.1) is 0 Å². The molecule has 1 heterocycles. The van der Waals surface area contributed by atoms with Gasteiger partial charge in [0, 0.05) is 19.3 Å². The van der Waals surface area contributed by atoms with Crippen molar-refractivity contribution in [3.63, 3.8) is 0 Å². The molecule has 5 heteroatoms. The Morgan fingerprint density at radius 3 is 3.15 bits per heavy atom. The molecule has 0 radical (unpaired) electrons. The van der Waals surface area contributed by atoms with Gasteiger partial charge in [0.05, 0.1) is 25.9 Å². The van der Waals surface area contributed by atoms with Crippen LogP contribution in [0.2, 0.25) is 0 Å². The summed E-state index contributed by atoms with van der Waals surface area (Å²) in [7, 11) is 1.64. The third kappa shape index (κ3) is 3.95. The average molecular weight is 278 g/mol. The number of nitrogens with one attached hydrogen (secondary N) is 1. The normalized spacial score (nSPS) is 18.9. The average Bonchev–Trinajstić information content (AvgIpc) is 2.48. The molecule has 20 heavy (non-hydrogen) atoms. The van der Waals surface area contributed by atoms with E-state index < -0.39 is 0 Å². The smallest absolute Gasteiger partial charge is 0.322 e. The third-order valence-electron chi connectivity index (χ3n) is 3.37. The molecule has 1 aromatic carbocycles. The minimum atomic E-state index is -0.0809. The molecule has 0 saturated carbocycles. The molecular formula is C15H22N2O3. The van der Waals surface area contributed by atoms with Gasteiger partial charge in [-0.3, -0.25) is 0 Å². The van der Waals surface area contributed by atoms with Gasteiger partial charge in [0.25, 0.3) is 0 Å². The molecule has 1 N–H and O–H groups in total. The van der Waals surface area contributed by atoms with Gasteiger partial charge in [0.2, 0.25) is 0 Å². The molecule has 2 rings (SSSR count). The zero-order valence-corrected chi connectivity index (χ0v) is 12.1. The molecule has 1 unspecified atom stereocenters. The van der Waals surface area contributed by atoms with Crippen molar-refractivity contribution >= 4 is 11.7 Å². The number of rotatable bonds is 4. The summed E-state index contributed by atoms with van der Waals surface area (Å²) in [6, 6.07) is 7.85. The van der Waals surface area contributed by atoms with E-state index in [1.54, 1.807) is 12.0 Å². The Morgan fingerprint density at radius 1 is 1.55 bits per heavy atom. The highest BCUT2D eigenvalue weighted by molar-refractivity contribution is 5.89. The number of morpholine rings is 1. The summed E-state index contributed by atoms with van der Waals surface area (Å²) >= 11 is 0. The first-order valence-corrected chi connectivity index (χ1v) is 6.98. The molecule has 0 aliphatic carbocycles. The van der Waals surface area contributed by atoms with Crippen LogP contribution in [0.1, 0.15) is 12.5 Å². The van der Waals surface area contributed by atoms with E-state index in [0.29, 0.717) is 26.3 Å². The van der Waals surface area contributed by atoms with Crippen LogP contribution in [0.3, 0.4) is 0 Å². The Labute approximate surface area is 119 Å². The summed E-state index contributed by atoms with van der Waals surface area (Å²) in [4.78, 5) is 14.0. The first-order chi connectivity index (χ1) is 9.72. The van der Waals surface area contributed by atoms with Crippen molar-refractivity contribution < 1.29 is 14.3 Å². The Kier molecular flexibility index (Phi) is 5.38. The molecule has 0 spiro atoms. The standard InChI is InChI=1S/C15H22N2O3/c1-3-12-5-4-6-13(9-12)16-15(18)17-7-8-20-14(10-17)11-19-2/h4-6,9,14H,3,7-8,10-11H2,1-2H3,(H,16,18). The number of urea groups is 1. The quantitative estimate of drug-likeness (QED) is 0.918. The Morgan fingerprint density at radius 2 is 2.40 bits per heavy atom. The molecule has 1 fully saturated rings. The van der Waals surface area contributed by atoms with Crippen molar-refractivity contribution in [2.75, 3.05) is 38.7 Å². The lowest BCUT2D eigenvalue weighted by molar-refractivity contribution is -0.0481. The van der Waals surface area contributed by atoms with Gasteiger partial charge in [-0.25, -0.2) is 4.79 Å². The van der Waals surface area contributed by atoms with Crippen molar-refractivity contribution in [3.05, 3.63) is 29.8 Å². The van der Waals surface area contributed by atoms with Crippen LogP contribution in [0.4, 0.5) is 10.5 Å². The fourth-order valence-electron chi connectivity index (χ4n) is 2.26. The molecule has 1 aliphatic rings. The summed E-state index contributed by atoms with van der Waals surface area (Å²) in [6.07, 6.45) is 0.915. The number of ether oxygens (including phenoxy) is 2. The van der Waals surface area contributed by atoms with Crippen LogP contribution in [0.5, 0.6) is 0 Å². The van der Waals surface area contributed by atoms with Gasteiger partial charge in [0.1, 0.15) is 0 Å². The number of hydrogen-bond donors (Lipinski definition) is 1. The van der Waals surface area contributed by atoms with E-state index >= 15 is 0 Å². The number of amides is 2. The second-order valence-electron chi connectivity index (χ2n) is 4.88. The number of methoxy groups -OCH3 is 1. The highest BCUT2D eigenvalue weighted by atomic mass is 16.5. The second-order valence-corrected chi connectivity index (χ2v) is 4.88. The molecule has 1 atom stereocenters. The Bertz CT molecular complexity index is 448. The Hall–Kier alpha value is -1.59. The maximum absolute atomic E-state index is 12.2. The van der Waals surface area contributed by atoms with Gasteiger partial charge in [-0.2, -0.15) is 0 Å². The zero-order valence-electron chi connectivity index (χ0n) is 12.1. The van der Waals surface area contributed by atoms with Gasteiger partial charge < -0.3 is 19.7 Å². The summed E-state index contributed by atoms with van der Waals surface area (Å²) in [5.74, 6) is 0. The molecule has 110 valence electrons. The van der Waals surface area contributed by atoms with E-state index in [1.165, 1.54) is 5.56 Å². The largest absolute Gasteiger partial charge is 0.382 e. The van der Waals surface area contributed by atoms with Crippen molar-refractivity contribution in [1.82, 2.24) is 4.90 Å². The first-order valence-electron chi connectivity index (χ1n) is 6.98. The van der Waals surface area contributed by atoms with Crippen LogP contribution in [0.25, 0.3) is 0 Å². The maximum atomic E-state index is 12.2. The predicted octanol–water partition coefficient (Wildman–Crippen LogP) is 2.13. The first kappa shape index (κ1) is 14.8. The minimum Gasteiger partial charge on any atom is -0.382 e. The van der Waals surface area contributed by atoms with Crippen molar-refractivity contribution in [1.29, 1.82) is 0 Å². The van der Waals surface area contributed by atoms with E-state index in [2.05, 4.69) is 18.3 Å². The molecule has 0 aromatic heterocycles. The lowest BCUT2D eigenvalue weighted by atomic mass is 10.1. The van der Waals surface area contributed by atoms with Crippen molar-refractivity contribution in [2.45, 2.75) is 19.4 Å². The summed E-state index contributed by atoms with van der Waals surface area (Å²) in [5.41, 5.74) is 2.05. The predicted molar refractivity (Wildman–Crippen MR) is 78.0 cm³/mol. The number of carbonyl (C=O) groups is 1. The van der Waals surface area contributed by atoms with Gasteiger partial charge in [-0.1, -0.05) is 19.1 Å². The summed E-state index contributed by atoms with van der Waals surface area (Å²) in [6.45, 7) is 4.33. The highest BCUT2D eigenvalue weighted by Crippen LogP contribution is 2.13. The second kappa shape index (κ2) is 7.26. The van der Waals surface area contributed by atoms with Crippen molar-refractivity contribution in [2.24, 2.45) is 0 Å². The number of nitrogens with zero attached hydrogens (tertiary/aromatic N) is 1. The molecule has 1 aromatic rings. The molecule has 1 aliphatic heterocycles. The van der Waals surface area contributed by atoms with E-state index in [9.17, 15) is 4.79 Å². The molecule has 0 bridgehead atoms. The molecule has 1 saturated heterocycles. The highest BCUT2D eigenvalue weighted by Gasteiger charge is 2.24. The van der Waals surface area contributed by atoms with E-state index in [1.807, 2.05) is 18.2 Å². The maximum Gasteiger partial charge on any atom is 0.322 e.